The molecule has 0 spiro atoms. The number of nitro groups is 1. The van der Waals surface area contributed by atoms with Gasteiger partial charge in [-0.05, 0) is 26.8 Å². The standard InChI is InChI=1S/C18H17N3O5S2/c1-4-26-17(23)16-10(3)19-9(2)15(16)13(22)8-27-18-20-12-6-5-11(21(24)25)7-14(12)28-18/h5-7,19H,4,8H2,1-3H3. The smallest absolute Gasteiger partial charge is 0.340 e. The van der Waals surface area contributed by atoms with Crippen LogP contribution in [0.4, 0.5) is 5.69 Å². The van der Waals surface area contributed by atoms with E-state index >= 15 is 0 Å². The number of thioether (sulfide) groups is 1. The van der Waals surface area contributed by atoms with E-state index in [0.717, 1.165) is 0 Å². The van der Waals surface area contributed by atoms with Crippen LogP contribution in [-0.2, 0) is 4.74 Å². The fourth-order valence-corrected chi connectivity index (χ4v) is 4.83. The fourth-order valence-electron chi connectivity index (χ4n) is 2.86. The van der Waals surface area contributed by atoms with E-state index in [2.05, 4.69) is 9.97 Å². The lowest BCUT2D eigenvalue weighted by atomic mass is 10.1. The quantitative estimate of drug-likeness (QED) is 0.199. The molecule has 3 rings (SSSR count). The number of ether oxygens (including phenoxy) is 1. The lowest BCUT2D eigenvalue weighted by molar-refractivity contribution is -0.384. The van der Waals surface area contributed by atoms with Gasteiger partial charge in [0.15, 0.2) is 10.1 Å². The molecule has 0 atom stereocenters. The van der Waals surface area contributed by atoms with Gasteiger partial charge in [0.1, 0.15) is 0 Å². The molecule has 10 heteroatoms. The Balaban J connectivity index is 1.80. The van der Waals surface area contributed by atoms with Gasteiger partial charge >= 0.3 is 5.97 Å². The van der Waals surface area contributed by atoms with E-state index in [4.69, 9.17) is 4.74 Å². The van der Waals surface area contributed by atoms with Crippen molar-refractivity contribution in [1.29, 1.82) is 0 Å². The Morgan fingerprint density at radius 1 is 1.29 bits per heavy atom. The zero-order valence-electron chi connectivity index (χ0n) is 15.4. The largest absolute Gasteiger partial charge is 0.462 e. The van der Waals surface area contributed by atoms with E-state index in [-0.39, 0.29) is 29.4 Å². The van der Waals surface area contributed by atoms with Crippen molar-refractivity contribution < 1.29 is 19.2 Å². The Bertz CT molecular complexity index is 1090. The van der Waals surface area contributed by atoms with Gasteiger partial charge in [0, 0.05) is 23.5 Å². The molecule has 0 saturated carbocycles. The van der Waals surface area contributed by atoms with Crippen LogP contribution in [0, 0.1) is 24.0 Å². The van der Waals surface area contributed by atoms with E-state index in [9.17, 15) is 19.7 Å². The monoisotopic (exact) mass is 419 g/mol. The second-order valence-corrected chi connectivity index (χ2v) is 8.20. The number of hydrogen-bond acceptors (Lipinski definition) is 8. The highest BCUT2D eigenvalue weighted by atomic mass is 32.2. The Morgan fingerprint density at radius 3 is 2.68 bits per heavy atom. The van der Waals surface area contributed by atoms with Crippen LogP contribution in [-0.4, -0.2) is 39.0 Å². The number of aromatic nitrogens is 2. The van der Waals surface area contributed by atoms with Crippen LogP contribution in [0.15, 0.2) is 22.5 Å². The van der Waals surface area contributed by atoms with E-state index in [1.54, 1.807) is 26.8 Å². The van der Waals surface area contributed by atoms with Gasteiger partial charge in [0.2, 0.25) is 0 Å². The minimum atomic E-state index is -0.523. The molecule has 1 aromatic carbocycles. The second-order valence-electron chi connectivity index (χ2n) is 5.95. The minimum absolute atomic E-state index is 0.00118. The summed E-state index contributed by atoms with van der Waals surface area (Å²) in [6, 6.07) is 4.46. The molecule has 0 saturated heterocycles. The molecule has 0 fully saturated rings. The third kappa shape index (κ3) is 3.92. The first-order valence-corrected chi connectivity index (χ1v) is 10.2. The van der Waals surface area contributed by atoms with Crippen molar-refractivity contribution in [1.82, 2.24) is 9.97 Å². The molecule has 0 unspecified atom stereocenters. The fraction of sp³-hybridized carbons (Fsp3) is 0.278. The summed E-state index contributed by atoms with van der Waals surface area (Å²) in [7, 11) is 0. The summed E-state index contributed by atoms with van der Waals surface area (Å²) in [5, 5.41) is 10.9. The summed E-state index contributed by atoms with van der Waals surface area (Å²) < 4.78 is 6.38. The summed E-state index contributed by atoms with van der Waals surface area (Å²) >= 11 is 2.53. The molecule has 2 aromatic heterocycles. The molecule has 1 N–H and O–H groups in total. The molecule has 0 bridgehead atoms. The van der Waals surface area contributed by atoms with Crippen molar-refractivity contribution in [3.8, 4) is 0 Å². The van der Waals surface area contributed by atoms with Crippen molar-refractivity contribution in [2.75, 3.05) is 12.4 Å². The van der Waals surface area contributed by atoms with Crippen molar-refractivity contribution in [3.63, 3.8) is 0 Å². The summed E-state index contributed by atoms with van der Waals surface area (Å²) in [4.78, 5) is 42.9. The highest BCUT2D eigenvalue weighted by Gasteiger charge is 2.25. The third-order valence-corrected chi connectivity index (χ3v) is 6.18. The van der Waals surface area contributed by atoms with Crippen molar-refractivity contribution in [2.45, 2.75) is 25.1 Å². The van der Waals surface area contributed by atoms with E-state index in [0.29, 0.717) is 31.5 Å². The first kappa shape index (κ1) is 20.0. The average Bonchev–Trinajstić information content (AvgIpc) is 3.18. The van der Waals surface area contributed by atoms with Crippen LogP contribution in [0.2, 0.25) is 0 Å². The van der Waals surface area contributed by atoms with Crippen LogP contribution in [0.1, 0.15) is 39.0 Å². The molecule has 3 aromatic rings. The summed E-state index contributed by atoms with van der Waals surface area (Å²) in [6.07, 6.45) is 0. The maximum absolute atomic E-state index is 12.8. The minimum Gasteiger partial charge on any atom is -0.462 e. The Hall–Kier alpha value is -2.72. The molecule has 0 aliphatic rings. The average molecular weight is 419 g/mol. The molecular weight excluding hydrogens is 402 g/mol. The number of esters is 1. The first-order chi connectivity index (χ1) is 13.3. The van der Waals surface area contributed by atoms with Gasteiger partial charge in [-0.1, -0.05) is 11.8 Å². The number of aromatic amines is 1. The van der Waals surface area contributed by atoms with E-state index < -0.39 is 10.9 Å². The molecule has 28 heavy (non-hydrogen) atoms. The van der Waals surface area contributed by atoms with Gasteiger partial charge in [0.05, 0.1) is 38.6 Å². The highest BCUT2D eigenvalue weighted by Crippen LogP contribution is 2.32. The van der Waals surface area contributed by atoms with Crippen LogP contribution >= 0.6 is 23.1 Å². The number of hydrogen-bond donors (Lipinski definition) is 1. The number of aryl methyl sites for hydroxylation is 2. The molecule has 0 aliphatic carbocycles. The lowest BCUT2D eigenvalue weighted by Crippen LogP contribution is -2.13. The van der Waals surface area contributed by atoms with Gasteiger partial charge in [0.25, 0.3) is 5.69 Å². The maximum atomic E-state index is 12.8. The highest BCUT2D eigenvalue weighted by molar-refractivity contribution is 8.01. The number of fused-ring (bicyclic) bond motifs is 1. The zero-order valence-corrected chi connectivity index (χ0v) is 17.0. The van der Waals surface area contributed by atoms with Gasteiger partial charge in [-0.2, -0.15) is 0 Å². The number of carbonyl (C=O) groups is 2. The van der Waals surface area contributed by atoms with Gasteiger partial charge in [-0.25, -0.2) is 9.78 Å². The number of carbonyl (C=O) groups excluding carboxylic acids is 2. The van der Waals surface area contributed by atoms with Crippen LogP contribution in [0.3, 0.4) is 0 Å². The number of nitrogens with zero attached hydrogens (tertiary/aromatic N) is 2. The number of rotatable bonds is 7. The SMILES string of the molecule is CCOC(=O)c1c(C)[nH]c(C)c1C(=O)CSc1nc2ccc([N+](=O)[O-])cc2s1. The van der Waals surface area contributed by atoms with Crippen LogP contribution in [0.5, 0.6) is 0 Å². The van der Waals surface area contributed by atoms with Crippen molar-refractivity contribution >= 4 is 50.8 Å². The Morgan fingerprint density at radius 2 is 2.00 bits per heavy atom. The molecule has 146 valence electrons. The molecule has 2 heterocycles. The maximum Gasteiger partial charge on any atom is 0.340 e. The number of thiazole rings is 1. The predicted octanol–water partition coefficient (Wildman–Crippen LogP) is 4.30. The normalized spacial score (nSPS) is 11.0. The predicted molar refractivity (Wildman–Crippen MR) is 108 cm³/mol. The number of ketones is 1. The van der Waals surface area contributed by atoms with Crippen molar-refractivity contribution in [3.05, 3.63) is 50.8 Å². The van der Waals surface area contributed by atoms with Crippen LogP contribution in [0.25, 0.3) is 10.2 Å². The van der Waals surface area contributed by atoms with Gasteiger partial charge in [-0.3, -0.25) is 14.9 Å². The number of non-ortho nitro benzene ring substituents is 1. The Kier molecular flexibility index (Phi) is 5.80. The summed E-state index contributed by atoms with van der Waals surface area (Å²) in [6.45, 7) is 5.40. The number of nitrogens with one attached hydrogen (secondary N) is 1. The number of benzene rings is 1. The molecule has 0 radical (unpaired) electrons. The van der Waals surface area contributed by atoms with Gasteiger partial charge < -0.3 is 9.72 Å². The Labute approximate surface area is 168 Å². The number of Topliss-reactive ketones (excluding diaryl/α,β-unsaturated/α-hetero) is 1. The summed E-state index contributed by atoms with van der Waals surface area (Å²) in [5.74, 6) is -0.642. The van der Waals surface area contributed by atoms with E-state index in [1.165, 1.54) is 35.2 Å². The second kappa shape index (κ2) is 8.11. The molecule has 0 aliphatic heterocycles. The molecular formula is C18H17N3O5S2. The first-order valence-electron chi connectivity index (χ1n) is 8.39. The van der Waals surface area contributed by atoms with Crippen molar-refractivity contribution in [2.24, 2.45) is 0 Å². The van der Waals surface area contributed by atoms with E-state index in [1.807, 2.05) is 0 Å². The molecule has 0 amide bonds. The lowest BCUT2D eigenvalue weighted by Gasteiger charge is -2.05. The third-order valence-electron chi connectivity index (χ3n) is 4.02. The van der Waals surface area contributed by atoms with Crippen LogP contribution < -0.4 is 0 Å². The van der Waals surface area contributed by atoms with Gasteiger partial charge in [-0.15, -0.1) is 11.3 Å². The zero-order chi connectivity index (χ0) is 20.4. The topological polar surface area (TPSA) is 115 Å². The number of H-pyrrole nitrogens is 1. The molecule has 8 nitrogen and oxygen atoms in total. The summed E-state index contributed by atoms with van der Waals surface area (Å²) in [5.41, 5.74) is 2.46. The number of nitro benzene ring substituents is 1.